The number of nitrogens with one attached hydrogen (secondary N) is 1. The highest BCUT2D eigenvalue weighted by molar-refractivity contribution is 5.80. The van der Waals surface area contributed by atoms with Crippen LogP contribution in [0.1, 0.15) is 20.3 Å². The highest BCUT2D eigenvalue weighted by Gasteiger charge is 2.23. The van der Waals surface area contributed by atoms with Crippen molar-refractivity contribution < 1.29 is 5.11 Å². The Labute approximate surface area is 133 Å². The lowest BCUT2D eigenvalue weighted by Crippen LogP contribution is -2.41. The van der Waals surface area contributed by atoms with Crippen molar-refractivity contribution in [1.29, 1.82) is 0 Å². The average Bonchev–Trinajstić information content (AvgIpc) is 2.97. The number of β-amino-alcohol motifs (C(OH)–C–C–N with tert-alkyl or cyclic N) is 1. The van der Waals surface area contributed by atoms with Crippen molar-refractivity contribution in [2.45, 2.75) is 32.4 Å². The molecule has 5 heteroatoms. The quantitative estimate of drug-likeness (QED) is 0.640. The predicted octanol–water partition coefficient (Wildman–Crippen LogP) is 1.54. The van der Waals surface area contributed by atoms with E-state index in [0.717, 1.165) is 32.0 Å². The Hall–Kier alpha value is -1.75. The third-order valence-electron chi connectivity index (χ3n) is 4.13. The summed E-state index contributed by atoms with van der Waals surface area (Å²) in [5.74, 6) is 0.910. The van der Waals surface area contributed by atoms with Crippen LogP contribution in [-0.4, -0.2) is 61.3 Å². The topological polar surface area (TPSA) is 51.1 Å². The molecule has 1 aromatic rings. The number of likely N-dealkylation sites (tertiary alicyclic amines) is 1. The summed E-state index contributed by atoms with van der Waals surface area (Å²) in [6.07, 6.45) is 0.595. The third kappa shape index (κ3) is 4.37. The van der Waals surface area contributed by atoms with E-state index in [4.69, 9.17) is 4.99 Å². The second-order valence-corrected chi connectivity index (χ2v) is 5.88. The van der Waals surface area contributed by atoms with E-state index in [1.54, 1.807) is 0 Å². The van der Waals surface area contributed by atoms with Crippen LogP contribution in [0.3, 0.4) is 0 Å². The molecule has 2 atom stereocenters. The molecule has 0 radical (unpaired) electrons. The number of anilines is 1. The van der Waals surface area contributed by atoms with Gasteiger partial charge in [-0.15, -0.1) is 0 Å². The van der Waals surface area contributed by atoms with Crippen LogP contribution in [0.2, 0.25) is 0 Å². The van der Waals surface area contributed by atoms with Gasteiger partial charge in [0, 0.05) is 38.4 Å². The maximum Gasteiger partial charge on any atom is 0.194 e. The maximum atomic E-state index is 9.70. The third-order valence-corrected chi connectivity index (χ3v) is 4.13. The molecule has 0 saturated carbocycles. The molecule has 2 N–H and O–H groups in total. The zero-order chi connectivity index (χ0) is 15.9. The van der Waals surface area contributed by atoms with E-state index in [-0.39, 0.29) is 6.10 Å². The second kappa shape index (κ2) is 8.03. The highest BCUT2D eigenvalue weighted by atomic mass is 16.3. The van der Waals surface area contributed by atoms with E-state index in [0.29, 0.717) is 12.6 Å². The molecule has 0 aromatic heterocycles. The summed E-state index contributed by atoms with van der Waals surface area (Å²) in [7, 11) is 2.10. The largest absolute Gasteiger partial charge is 0.391 e. The summed E-state index contributed by atoms with van der Waals surface area (Å²) in [4.78, 5) is 9.14. The summed E-state index contributed by atoms with van der Waals surface area (Å²) in [5, 5.41) is 13.0. The second-order valence-electron chi connectivity index (χ2n) is 5.88. The number of guanidine groups is 1. The molecule has 0 bridgehead atoms. The van der Waals surface area contributed by atoms with Crippen molar-refractivity contribution in [3.8, 4) is 0 Å². The van der Waals surface area contributed by atoms with Crippen LogP contribution >= 0.6 is 0 Å². The van der Waals surface area contributed by atoms with E-state index >= 15 is 0 Å². The summed E-state index contributed by atoms with van der Waals surface area (Å²) in [5.41, 5.74) is 1.20. The average molecular weight is 304 g/mol. The highest BCUT2D eigenvalue weighted by Crippen LogP contribution is 2.14. The number of benzene rings is 1. The van der Waals surface area contributed by atoms with Crippen LogP contribution in [0.4, 0.5) is 5.69 Å². The van der Waals surface area contributed by atoms with Gasteiger partial charge in [0.15, 0.2) is 5.96 Å². The molecule has 5 nitrogen and oxygen atoms in total. The van der Waals surface area contributed by atoms with E-state index in [2.05, 4.69) is 60.3 Å². The Bertz CT molecular complexity index is 477. The summed E-state index contributed by atoms with van der Waals surface area (Å²) < 4.78 is 0. The first-order chi connectivity index (χ1) is 10.6. The van der Waals surface area contributed by atoms with Crippen LogP contribution in [0.5, 0.6) is 0 Å². The lowest BCUT2D eigenvalue weighted by atomic mass is 10.2. The summed E-state index contributed by atoms with van der Waals surface area (Å²) in [6, 6.07) is 10.7. The van der Waals surface area contributed by atoms with Gasteiger partial charge in [-0.2, -0.15) is 0 Å². The number of hydrogen-bond donors (Lipinski definition) is 2. The van der Waals surface area contributed by atoms with Gasteiger partial charge in [-0.3, -0.25) is 4.99 Å². The van der Waals surface area contributed by atoms with Gasteiger partial charge in [-0.05, 0) is 32.4 Å². The van der Waals surface area contributed by atoms with Crippen molar-refractivity contribution >= 4 is 11.6 Å². The standard InChI is InChI=1S/C17H28N4O/c1-4-18-17(21-11-10-16(22)13-21)19-12-14(2)20(3)15-8-6-5-7-9-15/h5-9,14,16,22H,4,10-13H2,1-3H3,(H,18,19)/t14?,16-/m1/s1. The molecule has 1 aromatic carbocycles. The SMILES string of the molecule is CCNC(=NCC(C)N(C)c1ccccc1)N1CC[C@@H](O)C1. The molecule has 1 unspecified atom stereocenters. The van der Waals surface area contributed by atoms with Gasteiger partial charge in [-0.25, -0.2) is 0 Å². The van der Waals surface area contributed by atoms with Crippen molar-refractivity contribution in [2.24, 2.45) is 4.99 Å². The maximum absolute atomic E-state index is 9.70. The smallest absolute Gasteiger partial charge is 0.194 e. The van der Waals surface area contributed by atoms with Gasteiger partial charge in [-0.1, -0.05) is 18.2 Å². The van der Waals surface area contributed by atoms with Crippen LogP contribution in [-0.2, 0) is 0 Å². The Morgan fingerprint density at radius 2 is 2.18 bits per heavy atom. The number of aliphatic hydroxyl groups is 1. The lowest BCUT2D eigenvalue weighted by Gasteiger charge is -2.27. The van der Waals surface area contributed by atoms with Crippen LogP contribution < -0.4 is 10.2 Å². The molecular formula is C17H28N4O. The number of likely N-dealkylation sites (N-methyl/N-ethyl adjacent to an activating group) is 1. The minimum absolute atomic E-state index is 0.228. The van der Waals surface area contributed by atoms with E-state index < -0.39 is 0 Å². The molecule has 22 heavy (non-hydrogen) atoms. The number of aliphatic imine (C=N–C) groups is 1. The van der Waals surface area contributed by atoms with Crippen LogP contribution in [0, 0.1) is 0 Å². The minimum atomic E-state index is -0.228. The van der Waals surface area contributed by atoms with Crippen molar-refractivity contribution in [3.05, 3.63) is 30.3 Å². The predicted molar refractivity (Wildman–Crippen MR) is 92.5 cm³/mol. The molecule has 1 saturated heterocycles. The molecule has 1 heterocycles. The first-order valence-corrected chi connectivity index (χ1v) is 8.11. The van der Waals surface area contributed by atoms with Gasteiger partial charge < -0.3 is 20.2 Å². The Morgan fingerprint density at radius 3 is 2.77 bits per heavy atom. The van der Waals surface area contributed by atoms with Crippen LogP contribution in [0.25, 0.3) is 0 Å². The van der Waals surface area contributed by atoms with Crippen molar-refractivity contribution in [2.75, 3.05) is 38.1 Å². The molecule has 0 spiro atoms. The molecule has 0 amide bonds. The molecule has 1 fully saturated rings. The fourth-order valence-electron chi connectivity index (χ4n) is 2.62. The molecule has 2 rings (SSSR count). The van der Waals surface area contributed by atoms with Crippen LogP contribution in [0.15, 0.2) is 35.3 Å². The first kappa shape index (κ1) is 16.6. The Balaban J connectivity index is 1.97. The zero-order valence-corrected chi connectivity index (χ0v) is 13.9. The molecule has 1 aliphatic heterocycles. The van der Waals surface area contributed by atoms with E-state index in [9.17, 15) is 5.11 Å². The lowest BCUT2D eigenvalue weighted by molar-refractivity contribution is 0.188. The monoisotopic (exact) mass is 304 g/mol. The van der Waals surface area contributed by atoms with Crippen molar-refractivity contribution in [3.63, 3.8) is 0 Å². The van der Waals surface area contributed by atoms with E-state index in [1.807, 2.05) is 6.07 Å². The normalized spacial score (nSPS) is 20.1. The minimum Gasteiger partial charge on any atom is -0.391 e. The van der Waals surface area contributed by atoms with Gasteiger partial charge in [0.25, 0.3) is 0 Å². The first-order valence-electron chi connectivity index (χ1n) is 8.11. The molecule has 1 aliphatic rings. The number of rotatable bonds is 5. The summed E-state index contributed by atoms with van der Waals surface area (Å²) in [6.45, 7) is 7.36. The van der Waals surface area contributed by atoms with Gasteiger partial charge >= 0.3 is 0 Å². The zero-order valence-electron chi connectivity index (χ0n) is 13.9. The van der Waals surface area contributed by atoms with Gasteiger partial charge in [0.1, 0.15) is 0 Å². The molecule has 0 aliphatic carbocycles. The molecular weight excluding hydrogens is 276 g/mol. The Morgan fingerprint density at radius 1 is 1.45 bits per heavy atom. The number of nitrogens with zero attached hydrogens (tertiary/aromatic N) is 3. The van der Waals surface area contributed by atoms with Crippen molar-refractivity contribution in [1.82, 2.24) is 10.2 Å². The van der Waals surface area contributed by atoms with E-state index in [1.165, 1.54) is 5.69 Å². The Kier molecular flexibility index (Phi) is 6.07. The van der Waals surface area contributed by atoms with Gasteiger partial charge in [0.05, 0.1) is 12.6 Å². The number of para-hydroxylation sites is 1. The fourth-order valence-corrected chi connectivity index (χ4v) is 2.62. The molecule has 122 valence electrons. The number of hydrogen-bond acceptors (Lipinski definition) is 3. The fraction of sp³-hybridized carbons (Fsp3) is 0.588. The van der Waals surface area contributed by atoms with Gasteiger partial charge in [0.2, 0.25) is 0 Å². The summed E-state index contributed by atoms with van der Waals surface area (Å²) >= 11 is 0. The number of aliphatic hydroxyl groups excluding tert-OH is 1.